The number of nitrogens with zero attached hydrogens (tertiary/aromatic N) is 1. The standard InChI is InChI=1S/C48H55NO12/c1-53-45-34-8-4-9-35(45)31-37-11-6-15-41-33-39-13-7-12-38(46(39)58-19-3-2-16-44(52)61-49-42(50)17-18-43(49)51)32-40-14-5-10-36(30-34)47(40)59-28-26-56-24-22-54-20-21-55-23-25-57-27-29-60-48(37)41/h4-15H,2-3,16-33H2,1H3. The normalized spacial score (nSPS) is 16.9. The van der Waals surface area contributed by atoms with E-state index in [-0.39, 0.29) is 19.3 Å². The van der Waals surface area contributed by atoms with Gasteiger partial charge in [0, 0.05) is 44.9 Å². The number of benzene rings is 4. The number of carbonyl (C=O) groups is 3. The lowest BCUT2D eigenvalue weighted by Gasteiger charge is -2.22. The van der Waals surface area contributed by atoms with Gasteiger partial charge in [0.2, 0.25) is 0 Å². The third-order valence-corrected chi connectivity index (χ3v) is 10.7. The molecule has 13 nitrogen and oxygen atoms in total. The van der Waals surface area contributed by atoms with Crippen molar-refractivity contribution in [3.05, 3.63) is 117 Å². The number of ether oxygens (including phenoxy) is 8. The maximum absolute atomic E-state index is 12.5. The lowest BCUT2D eigenvalue weighted by molar-refractivity contribution is -0.197. The average molecular weight is 838 g/mol. The van der Waals surface area contributed by atoms with Crippen LogP contribution in [0.25, 0.3) is 0 Å². The molecule has 4 aromatic carbocycles. The Hall–Kier alpha value is -5.47. The van der Waals surface area contributed by atoms with Gasteiger partial charge in [0.1, 0.15) is 36.2 Å². The van der Waals surface area contributed by atoms with E-state index in [2.05, 4.69) is 72.8 Å². The van der Waals surface area contributed by atoms with E-state index in [1.807, 2.05) is 0 Å². The number of unbranched alkanes of at least 4 members (excludes halogenated alkanes) is 1. The number of hydrogen-bond acceptors (Lipinski definition) is 12. The van der Waals surface area contributed by atoms with Crippen LogP contribution >= 0.6 is 0 Å². The predicted molar refractivity (Wildman–Crippen MR) is 224 cm³/mol. The largest absolute Gasteiger partial charge is 0.496 e. The van der Waals surface area contributed by atoms with E-state index >= 15 is 0 Å². The Morgan fingerprint density at radius 1 is 0.525 bits per heavy atom. The van der Waals surface area contributed by atoms with Crippen LogP contribution in [0, 0.1) is 0 Å². The van der Waals surface area contributed by atoms with Crippen molar-refractivity contribution in [3.8, 4) is 23.0 Å². The van der Waals surface area contributed by atoms with Gasteiger partial charge in [-0.25, -0.2) is 4.79 Å². The zero-order chi connectivity index (χ0) is 42.2. The highest BCUT2D eigenvalue weighted by Gasteiger charge is 2.32. The Bertz CT molecular complexity index is 1990. The van der Waals surface area contributed by atoms with Gasteiger partial charge < -0.3 is 42.7 Å². The fourth-order valence-electron chi connectivity index (χ4n) is 7.82. The summed E-state index contributed by atoms with van der Waals surface area (Å²) in [5.74, 6) is 1.53. The van der Waals surface area contributed by atoms with Crippen molar-refractivity contribution in [1.82, 2.24) is 5.06 Å². The smallest absolute Gasteiger partial charge is 0.333 e. The van der Waals surface area contributed by atoms with Crippen molar-refractivity contribution in [2.45, 2.75) is 57.8 Å². The molecule has 61 heavy (non-hydrogen) atoms. The summed E-state index contributed by atoms with van der Waals surface area (Å²) in [5.41, 5.74) is 8.05. The Morgan fingerprint density at radius 2 is 0.902 bits per heavy atom. The van der Waals surface area contributed by atoms with Crippen LogP contribution in [0.2, 0.25) is 0 Å². The van der Waals surface area contributed by atoms with Crippen LogP contribution in [0.15, 0.2) is 72.8 Å². The van der Waals surface area contributed by atoms with E-state index in [1.165, 1.54) is 0 Å². The van der Waals surface area contributed by atoms with Crippen molar-refractivity contribution in [3.63, 3.8) is 0 Å². The number of para-hydroxylation sites is 4. The van der Waals surface area contributed by atoms with Crippen LogP contribution in [-0.2, 0) is 63.9 Å². The first-order valence-electron chi connectivity index (χ1n) is 21.2. The van der Waals surface area contributed by atoms with Gasteiger partial charge in [-0.05, 0) is 57.3 Å². The fraction of sp³-hybridized carbons (Fsp3) is 0.438. The first-order valence-corrected chi connectivity index (χ1v) is 21.2. The molecule has 3 aliphatic rings. The van der Waals surface area contributed by atoms with Crippen LogP contribution in [0.5, 0.6) is 23.0 Å². The number of hydroxylamine groups is 2. The molecule has 7 rings (SSSR count). The molecule has 2 heterocycles. The zero-order valence-corrected chi connectivity index (χ0v) is 34.9. The van der Waals surface area contributed by atoms with Gasteiger partial charge in [0.05, 0.1) is 66.6 Å². The molecule has 324 valence electrons. The van der Waals surface area contributed by atoms with E-state index in [9.17, 15) is 14.4 Å². The van der Waals surface area contributed by atoms with Crippen LogP contribution in [0.4, 0.5) is 0 Å². The van der Waals surface area contributed by atoms with Crippen LogP contribution < -0.4 is 18.9 Å². The predicted octanol–water partition coefficient (Wildman–Crippen LogP) is 6.37. The Balaban J connectivity index is 1.23. The van der Waals surface area contributed by atoms with Crippen molar-refractivity contribution >= 4 is 17.8 Å². The van der Waals surface area contributed by atoms with Crippen LogP contribution in [-0.4, -0.2) is 103 Å². The molecule has 10 bridgehead atoms. The molecule has 2 aliphatic heterocycles. The number of amides is 2. The molecular weight excluding hydrogens is 783 g/mol. The number of methoxy groups -OCH3 is 1. The number of fused-ring (bicyclic) bond motifs is 2. The van der Waals surface area contributed by atoms with Gasteiger partial charge in [-0.2, -0.15) is 0 Å². The third-order valence-electron chi connectivity index (χ3n) is 10.7. The Labute approximate surface area is 357 Å². The van der Waals surface area contributed by atoms with Gasteiger partial charge in [-0.1, -0.05) is 72.8 Å². The molecule has 4 aromatic rings. The van der Waals surface area contributed by atoms with Crippen molar-refractivity contribution in [2.75, 3.05) is 79.8 Å². The summed E-state index contributed by atoms with van der Waals surface area (Å²) in [4.78, 5) is 41.5. The topological polar surface area (TPSA) is 138 Å². The van der Waals surface area contributed by atoms with E-state index in [0.29, 0.717) is 116 Å². The maximum atomic E-state index is 12.5. The second-order valence-corrected chi connectivity index (χ2v) is 15.0. The number of hydrogen-bond donors (Lipinski definition) is 0. The van der Waals surface area contributed by atoms with Gasteiger partial charge >= 0.3 is 5.97 Å². The van der Waals surface area contributed by atoms with E-state index in [1.54, 1.807) is 7.11 Å². The summed E-state index contributed by atoms with van der Waals surface area (Å²) in [7, 11) is 1.72. The molecule has 0 saturated carbocycles. The van der Waals surface area contributed by atoms with E-state index in [0.717, 1.165) is 67.5 Å². The lowest BCUT2D eigenvalue weighted by atomic mass is 9.91. The first kappa shape index (κ1) is 43.6. The quantitative estimate of drug-likeness (QED) is 0.127. The first-order chi connectivity index (χ1) is 30.0. The average Bonchev–Trinajstić information content (AvgIpc) is 3.57. The van der Waals surface area contributed by atoms with Gasteiger partial charge in [-0.15, -0.1) is 5.06 Å². The van der Waals surface area contributed by atoms with Gasteiger partial charge in [0.15, 0.2) is 0 Å². The molecule has 0 spiro atoms. The summed E-state index contributed by atoms with van der Waals surface area (Å²) in [5, 5.41) is 0.586. The minimum absolute atomic E-state index is 0.0379. The summed E-state index contributed by atoms with van der Waals surface area (Å²) < 4.78 is 49.3. The highest BCUT2D eigenvalue weighted by Crippen LogP contribution is 2.39. The number of rotatable bonds is 8. The monoisotopic (exact) mass is 837 g/mol. The molecule has 0 radical (unpaired) electrons. The van der Waals surface area contributed by atoms with Gasteiger partial charge in [0.25, 0.3) is 11.8 Å². The van der Waals surface area contributed by atoms with E-state index in [4.69, 9.17) is 42.7 Å². The summed E-state index contributed by atoms with van der Waals surface area (Å²) in [6.07, 6.45) is 3.30. The minimum atomic E-state index is -0.627. The SMILES string of the molecule is COc1c2cccc1Cc1cccc3c1OCCOCCOCCOCCOCCOc1c(cccc1Cc1cccc(c1OCCCCC(=O)ON1C(=O)CCC1=O)C3)C2. The zero-order valence-electron chi connectivity index (χ0n) is 34.9. The fourth-order valence-corrected chi connectivity index (χ4v) is 7.82. The number of imide groups is 1. The van der Waals surface area contributed by atoms with Crippen molar-refractivity contribution < 1.29 is 57.1 Å². The van der Waals surface area contributed by atoms with Crippen LogP contribution in [0.1, 0.15) is 76.6 Å². The van der Waals surface area contributed by atoms with E-state index < -0.39 is 17.8 Å². The molecule has 1 aliphatic carbocycles. The highest BCUT2D eigenvalue weighted by molar-refractivity contribution is 6.01. The maximum Gasteiger partial charge on any atom is 0.333 e. The molecule has 1 fully saturated rings. The molecule has 0 aromatic heterocycles. The molecular formula is C48H55NO12. The molecule has 2 amide bonds. The molecule has 1 saturated heterocycles. The second kappa shape index (κ2) is 22.4. The third kappa shape index (κ3) is 11.9. The van der Waals surface area contributed by atoms with Crippen LogP contribution in [0.3, 0.4) is 0 Å². The Morgan fingerprint density at radius 3 is 1.31 bits per heavy atom. The highest BCUT2D eigenvalue weighted by atomic mass is 16.7. The molecule has 0 atom stereocenters. The second-order valence-electron chi connectivity index (χ2n) is 15.0. The molecule has 0 N–H and O–H groups in total. The van der Waals surface area contributed by atoms with Crippen molar-refractivity contribution in [1.29, 1.82) is 0 Å². The number of carbonyl (C=O) groups excluding carboxylic acids is 3. The van der Waals surface area contributed by atoms with Crippen molar-refractivity contribution in [2.24, 2.45) is 0 Å². The lowest BCUT2D eigenvalue weighted by Crippen LogP contribution is -2.31. The summed E-state index contributed by atoms with van der Waals surface area (Å²) in [6.45, 7) is 4.46. The summed E-state index contributed by atoms with van der Waals surface area (Å²) in [6, 6.07) is 25.0. The molecule has 0 unspecified atom stereocenters. The Kier molecular flexibility index (Phi) is 16.0. The minimum Gasteiger partial charge on any atom is -0.496 e. The summed E-state index contributed by atoms with van der Waals surface area (Å²) >= 11 is 0. The van der Waals surface area contributed by atoms with Gasteiger partial charge in [-0.3, -0.25) is 9.59 Å². The molecule has 13 heteroatoms.